The number of pyridine rings is 1. The van der Waals surface area contributed by atoms with E-state index in [1.54, 1.807) is 6.07 Å². The van der Waals surface area contributed by atoms with Crippen molar-refractivity contribution in [3.8, 4) is 0 Å². The molecule has 0 N–H and O–H groups in total. The van der Waals surface area contributed by atoms with Gasteiger partial charge in [0, 0.05) is 16.0 Å². The number of hydrogen-bond donors (Lipinski definition) is 0. The van der Waals surface area contributed by atoms with Gasteiger partial charge in [0.1, 0.15) is 5.69 Å². The zero-order valence-corrected chi connectivity index (χ0v) is 10.3. The normalized spacial score (nSPS) is 11.6. The molecular weight excluding hydrogens is 259 g/mol. The summed E-state index contributed by atoms with van der Waals surface area (Å²) in [6.45, 7) is 1.96. The van der Waals surface area contributed by atoms with E-state index in [0.717, 1.165) is 16.5 Å². The van der Waals surface area contributed by atoms with E-state index < -0.39 is 11.9 Å². The molecule has 0 spiro atoms. The molecule has 0 saturated heterocycles. The van der Waals surface area contributed by atoms with Crippen molar-refractivity contribution in [3.63, 3.8) is 0 Å². The summed E-state index contributed by atoms with van der Waals surface area (Å²) in [6, 6.07) is 10.2. The van der Waals surface area contributed by atoms with Crippen molar-refractivity contribution in [2.45, 2.75) is 22.9 Å². The molecule has 2 aromatic rings. The number of aryl methyl sites for hydroxylation is 1. The monoisotopic (exact) mass is 269 g/mol. The summed E-state index contributed by atoms with van der Waals surface area (Å²) in [5.74, 6) is 0. The molecule has 1 aromatic heterocycles. The zero-order valence-electron chi connectivity index (χ0n) is 9.53. The first kappa shape index (κ1) is 13.0. The molecule has 1 aromatic carbocycles. The van der Waals surface area contributed by atoms with Crippen molar-refractivity contribution in [2.75, 3.05) is 0 Å². The highest BCUT2D eigenvalue weighted by Gasteiger charge is 2.32. The van der Waals surface area contributed by atoms with E-state index in [1.807, 2.05) is 31.2 Å². The van der Waals surface area contributed by atoms with Gasteiger partial charge in [0.2, 0.25) is 0 Å². The standard InChI is InChI=1S/C13H10F3NS/c1-9-2-4-10(5-3-9)18-11-6-7-17-12(8-11)13(14,15)16/h2-8H,1H3. The second kappa shape index (κ2) is 5.02. The molecule has 0 aliphatic carbocycles. The van der Waals surface area contributed by atoms with E-state index in [0.29, 0.717) is 4.90 Å². The predicted octanol–water partition coefficient (Wildman–Crippen LogP) is 4.56. The van der Waals surface area contributed by atoms with Crippen LogP contribution in [0, 0.1) is 6.92 Å². The molecule has 2 rings (SSSR count). The van der Waals surface area contributed by atoms with Crippen LogP contribution < -0.4 is 0 Å². The molecule has 0 fully saturated rings. The van der Waals surface area contributed by atoms with Gasteiger partial charge in [-0.05, 0) is 31.2 Å². The van der Waals surface area contributed by atoms with Gasteiger partial charge < -0.3 is 0 Å². The van der Waals surface area contributed by atoms with Crippen molar-refractivity contribution < 1.29 is 13.2 Å². The fraction of sp³-hybridized carbons (Fsp3) is 0.154. The topological polar surface area (TPSA) is 12.9 Å². The summed E-state index contributed by atoms with van der Waals surface area (Å²) in [7, 11) is 0. The highest BCUT2D eigenvalue weighted by molar-refractivity contribution is 7.99. The predicted molar refractivity (Wildman–Crippen MR) is 64.5 cm³/mol. The van der Waals surface area contributed by atoms with Crippen molar-refractivity contribution in [3.05, 3.63) is 53.9 Å². The summed E-state index contributed by atoms with van der Waals surface area (Å²) >= 11 is 1.29. The maximum atomic E-state index is 12.5. The Labute approximate surface area is 107 Å². The van der Waals surface area contributed by atoms with Crippen LogP contribution in [0.15, 0.2) is 52.4 Å². The Kier molecular flexibility index (Phi) is 3.61. The van der Waals surface area contributed by atoms with Crippen LogP contribution in [0.25, 0.3) is 0 Å². The lowest BCUT2D eigenvalue weighted by Gasteiger charge is -2.07. The lowest BCUT2D eigenvalue weighted by Crippen LogP contribution is -2.07. The van der Waals surface area contributed by atoms with Gasteiger partial charge in [-0.15, -0.1) is 0 Å². The van der Waals surface area contributed by atoms with Crippen LogP contribution in [-0.2, 0) is 6.18 Å². The Bertz CT molecular complexity index is 535. The Morgan fingerprint density at radius 2 is 1.67 bits per heavy atom. The molecule has 0 saturated carbocycles. The molecule has 0 aliphatic rings. The first-order valence-corrected chi connectivity index (χ1v) is 6.04. The van der Waals surface area contributed by atoms with Gasteiger partial charge in [0.25, 0.3) is 0 Å². The smallest absolute Gasteiger partial charge is 0.252 e. The molecule has 1 heterocycles. The fourth-order valence-corrected chi connectivity index (χ4v) is 2.22. The molecular formula is C13H10F3NS. The SMILES string of the molecule is Cc1ccc(Sc2ccnc(C(F)(F)F)c2)cc1. The van der Waals surface area contributed by atoms with Crippen molar-refractivity contribution in [2.24, 2.45) is 0 Å². The fourth-order valence-electron chi connectivity index (χ4n) is 1.37. The van der Waals surface area contributed by atoms with Crippen LogP contribution >= 0.6 is 11.8 Å². The lowest BCUT2D eigenvalue weighted by atomic mass is 10.2. The number of nitrogens with zero attached hydrogens (tertiary/aromatic N) is 1. The largest absolute Gasteiger partial charge is 0.433 e. The molecule has 94 valence electrons. The van der Waals surface area contributed by atoms with Gasteiger partial charge in [-0.2, -0.15) is 13.2 Å². The summed E-state index contributed by atoms with van der Waals surface area (Å²) in [6.07, 6.45) is -3.22. The van der Waals surface area contributed by atoms with Gasteiger partial charge >= 0.3 is 6.18 Å². The highest BCUT2D eigenvalue weighted by atomic mass is 32.2. The molecule has 0 bridgehead atoms. The van der Waals surface area contributed by atoms with Crippen LogP contribution in [0.4, 0.5) is 13.2 Å². The van der Waals surface area contributed by atoms with E-state index in [2.05, 4.69) is 4.98 Å². The number of halogens is 3. The van der Waals surface area contributed by atoms with Gasteiger partial charge in [-0.1, -0.05) is 29.5 Å². The number of hydrogen-bond acceptors (Lipinski definition) is 2. The first-order chi connectivity index (χ1) is 8.45. The third-order valence-electron chi connectivity index (χ3n) is 2.28. The van der Waals surface area contributed by atoms with Gasteiger partial charge in [0.05, 0.1) is 0 Å². The average Bonchev–Trinajstić information content (AvgIpc) is 2.31. The number of aromatic nitrogens is 1. The summed E-state index contributed by atoms with van der Waals surface area (Å²) in [5.41, 5.74) is 0.254. The van der Waals surface area contributed by atoms with Crippen LogP contribution in [0.1, 0.15) is 11.3 Å². The molecule has 0 unspecified atom stereocenters. The van der Waals surface area contributed by atoms with E-state index in [9.17, 15) is 13.2 Å². The third kappa shape index (κ3) is 3.26. The lowest BCUT2D eigenvalue weighted by molar-refractivity contribution is -0.141. The minimum Gasteiger partial charge on any atom is -0.252 e. The van der Waals surface area contributed by atoms with Gasteiger partial charge in [0.15, 0.2) is 0 Å². The Balaban J connectivity index is 2.22. The Morgan fingerprint density at radius 1 is 1.00 bits per heavy atom. The second-order valence-electron chi connectivity index (χ2n) is 3.79. The van der Waals surface area contributed by atoms with E-state index in [-0.39, 0.29) is 0 Å². The average molecular weight is 269 g/mol. The van der Waals surface area contributed by atoms with E-state index in [4.69, 9.17) is 0 Å². The third-order valence-corrected chi connectivity index (χ3v) is 3.28. The molecule has 18 heavy (non-hydrogen) atoms. The van der Waals surface area contributed by atoms with Crippen LogP contribution in [0.5, 0.6) is 0 Å². The number of alkyl halides is 3. The highest BCUT2D eigenvalue weighted by Crippen LogP contribution is 2.32. The summed E-state index contributed by atoms with van der Waals surface area (Å²) in [4.78, 5) is 4.76. The quantitative estimate of drug-likeness (QED) is 0.792. The van der Waals surface area contributed by atoms with Crippen LogP contribution in [-0.4, -0.2) is 4.98 Å². The molecule has 0 amide bonds. The van der Waals surface area contributed by atoms with Crippen LogP contribution in [0.2, 0.25) is 0 Å². The minimum atomic E-state index is -4.40. The second-order valence-corrected chi connectivity index (χ2v) is 4.94. The first-order valence-electron chi connectivity index (χ1n) is 5.23. The molecule has 5 heteroatoms. The molecule has 0 aliphatic heterocycles. The maximum Gasteiger partial charge on any atom is 0.433 e. The Morgan fingerprint density at radius 3 is 2.28 bits per heavy atom. The van der Waals surface area contributed by atoms with Crippen molar-refractivity contribution >= 4 is 11.8 Å². The minimum absolute atomic E-state index is 0.529. The molecule has 1 nitrogen and oxygen atoms in total. The van der Waals surface area contributed by atoms with Gasteiger partial charge in [-0.3, -0.25) is 4.98 Å². The molecule has 0 radical (unpaired) electrons. The van der Waals surface area contributed by atoms with Crippen molar-refractivity contribution in [1.29, 1.82) is 0 Å². The summed E-state index contributed by atoms with van der Waals surface area (Å²) < 4.78 is 37.5. The van der Waals surface area contributed by atoms with E-state index in [1.165, 1.54) is 18.0 Å². The number of rotatable bonds is 2. The Hall–Kier alpha value is -1.49. The van der Waals surface area contributed by atoms with E-state index >= 15 is 0 Å². The van der Waals surface area contributed by atoms with Crippen LogP contribution in [0.3, 0.4) is 0 Å². The molecule has 0 atom stereocenters. The zero-order chi connectivity index (χ0) is 13.2. The number of benzene rings is 1. The summed E-state index contributed by atoms with van der Waals surface area (Å²) in [5, 5.41) is 0. The van der Waals surface area contributed by atoms with Crippen molar-refractivity contribution in [1.82, 2.24) is 4.98 Å². The maximum absolute atomic E-state index is 12.5. The van der Waals surface area contributed by atoms with Gasteiger partial charge in [-0.25, -0.2) is 0 Å².